The van der Waals surface area contributed by atoms with Crippen LogP contribution >= 0.6 is 0 Å². The average Bonchev–Trinajstić information content (AvgIpc) is 2.79. The SMILES string of the molecule is COc1ccc(N2C[C@@H](C)N[C@@H](C)C2)cc1NS(=O)(=O)c1ccc(-c2ccccn2)cc1. The number of methoxy groups -OCH3 is 1. The Morgan fingerprint density at radius 3 is 2.38 bits per heavy atom. The van der Waals surface area contributed by atoms with E-state index in [9.17, 15) is 8.42 Å². The van der Waals surface area contributed by atoms with Crippen molar-refractivity contribution in [2.75, 3.05) is 29.8 Å². The molecule has 1 aliphatic rings. The van der Waals surface area contributed by atoms with Crippen molar-refractivity contribution in [3.63, 3.8) is 0 Å². The number of aromatic nitrogens is 1. The maximum Gasteiger partial charge on any atom is 0.262 e. The molecule has 4 rings (SSSR count). The van der Waals surface area contributed by atoms with Crippen LogP contribution in [0.25, 0.3) is 11.3 Å². The number of nitrogens with zero attached hydrogens (tertiary/aromatic N) is 2. The lowest BCUT2D eigenvalue weighted by Gasteiger charge is -2.38. The van der Waals surface area contributed by atoms with Crippen LogP contribution in [-0.2, 0) is 10.0 Å². The molecule has 7 nitrogen and oxygen atoms in total. The molecule has 1 aliphatic heterocycles. The Morgan fingerprint density at radius 2 is 1.75 bits per heavy atom. The van der Waals surface area contributed by atoms with Crippen LogP contribution in [0, 0.1) is 0 Å². The monoisotopic (exact) mass is 452 g/mol. The summed E-state index contributed by atoms with van der Waals surface area (Å²) in [5.74, 6) is 0.471. The van der Waals surface area contributed by atoms with Gasteiger partial charge in [0.1, 0.15) is 5.75 Å². The van der Waals surface area contributed by atoms with Crippen molar-refractivity contribution in [2.45, 2.75) is 30.8 Å². The molecule has 2 heterocycles. The first-order valence-corrected chi connectivity index (χ1v) is 12.1. The second-order valence-corrected chi connectivity index (χ2v) is 9.79. The smallest absolute Gasteiger partial charge is 0.262 e. The zero-order valence-electron chi connectivity index (χ0n) is 18.4. The minimum absolute atomic E-state index is 0.175. The number of rotatable bonds is 6. The highest BCUT2D eigenvalue weighted by molar-refractivity contribution is 7.92. The van der Waals surface area contributed by atoms with Gasteiger partial charge in [0.05, 0.1) is 23.4 Å². The van der Waals surface area contributed by atoms with Gasteiger partial charge in [0, 0.05) is 42.6 Å². The molecular formula is C24H28N4O3S. The van der Waals surface area contributed by atoms with Crippen molar-refractivity contribution in [2.24, 2.45) is 0 Å². The minimum Gasteiger partial charge on any atom is -0.495 e. The summed E-state index contributed by atoms with van der Waals surface area (Å²) in [6.45, 7) is 5.98. The summed E-state index contributed by atoms with van der Waals surface area (Å²) in [6.07, 6.45) is 1.71. The lowest BCUT2D eigenvalue weighted by atomic mass is 10.1. The molecule has 2 aromatic carbocycles. The number of ether oxygens (including phenoxy) is 1. The molecule has 0 radical (unpaired) electrons. The molecule has 0 aliphatic carbocycles. The number of anilines is 2. The maximum absolute atomic E-state index is 13.1. The van der Waals surface area contributed by atoms with Crippen molar-refractivity contribution < 1.29 is 13.2 Å². The molecule has 168 valence electrons. The van der Waals surface area contributed by atoms with Crippen molar-refractivity contribution >= 4 is 21.4 Å². The molecule has 0 amide bonds. The van der Waals surface area contributed by atoms with E-state index in [1.807, 2.05) is 30.3 Å². The van der Waals surface area contributed by atoms with Gasteiger partial charge >= 0.3 is 0 Å². The molecule has 0 spiro atoms. The van der Waals surface area contributed by atoms with E-state index in [2.05, 4.69) is 33.8 Å². The number of sulfonamides is 1. The highest BCUT2D eigenvalue weighted by atomic mass is 32.2. The molecule has 3 aromatic rings. The second kappa shape index (κ2) is 9.18. The van der Waals surface area contributed by atoms with Crippen LogP contribution < -0.4 is 19.7 Å². The fourth-order valence-electron chi connectivity index (χ4n) is 4.05. The first kappa shape index (κ1) is 22.1. The zero-order chi connectivity index (χ0) is 22.7. The van der Waals surface area contributed by atoms with Crippen LogP contribution in [-0.4, -0.2) is 45.7 Å². The lowest BCUT2D eigenvalue weighted by Crippen LogP contribution is -2.54. The second-order valence-electron chi connectivity index (χ2n) is 8.10. The molecule has 32 heavy (non-hydrogen) atoms. The first-order valence-electron chi connectivity index (χ1n) is 10.6. The minimum atomic E-state index is -3.80. The van der Waals surface area contributed by atoms with Gasteiger partial charge in [-0.25, -0.2) is 8.42 Å². The topological polar surface area (TPSA) is 83.6 Å². The Balaban J connectivity index is 1.59. The first-order chi connectivity index (χ1) is 15.4. The Kier molecular flexibility index (Phi) is 6.34. The molecule has 0 bridgehead atoms. The van der Waals surface area contributed by atoms with Gasteiger partial charge in [0.15, 0.2) is 0 Å². The molecule has 0 saturated carbocycles. The van der Waals surface area contributed by atoms with Crippen molar-refractivity contribution in [3.05, 3.63) is 66.9 Å². The molecule has 1 fully saturated rings. The van der Waals surface area contributed by atoms with Crippen molar-refractivity contribution in [1.82, 2.24) is 10.3 Å². The van der Waals surface area contributed by atoms with Gasteiger partial charge < -0.3 is 15.0 Å². The Labute approximate surface area is 189 Å². The van der Waals surface area contributed by atoms with Gasteiger partial charge in [0.25, 0.3) is 10.0 Å². The molecule has 2 N–H and O–H groups in total. The van der Waals surface area contributed by atoms with Gasteiger partial charge in [-0.3, -0.25) is 9.71 Å². The zero-order valence-corrected chi connectivity index (χ0v) is 19.3. The highest BCUT2D eigenvalue weighted by Crippen LogP contribution is 2.32. The number of benzene rings is 2. The van der Waals surface area contributed by atoms with Crippen molar-refractivity contribution in [1.29, 1.82) is 0 Å². The van der Waals surface area contributed by atoms with E-state index < -0.39 is 10.0 Å². The van der Waals surface area contributed by atoms with Gasteiger partial charge in [-0.2, -0.15) is 0 Å². The van der Waals surface area contributed by atoms with Gasteiger partial charge in [-0.05, 0) is 56.3 Å². The lowest BCUT2D eigenvalue weighted by molar-refractivity contribution is 0.406. The Hall–Kier alpha value is -3.10. The summed E-state index contributed by atoms with van der Waals surface area (Å²) in [5, 5.41) is 3.51. The van der Waals surface area contributed by atoms with Crippen LogP contribution in [0.3, 0.4) is 0 Å². The number of nitrogens with one attached hydrogen (secondary N) is 2. The molecule has 1 aromatic heterocycles. The van der Waals surface area contributed by atoms with E-state index in [0.29, 0.717) is 23.5 Å². The van der Waals surface area contributed by atoms with Crippen LogP contribution in [0.15, 0.2) is 71.8 Å². The van der Waals surface area contributed by atoms with Gasteiger partial charge in [-0.1, -0.05) is 18.2 Å². The predicted molar refractivity (Wildman–Crippen MR) is 128 cm³/mol. The highest BCUT2D eigenvalue weighted by Gasteiger charge is 2.23. The fourth-order valence-corrected chi connectivity index (χ4v) is 5.11. The van der Waals surface area contributed by atoms with E-state index in [-0.39, 0.29) is 4.90 Å². The standard InChI is InChI=1S/C24H28N4O3S/c1-17-15-28(16-18(2)26-17)20-9-12-24(31-3)23(14-20)27-32(29,30)21-10-7-19(8-11-21)22-6-4-5-13-25-22/h4-14,17-18,26-27H,15-16H2,1-3H3/t17-,18+. The maximum atomic E-state index is 13.1. The summed E-state index contributed by atoms with van der Waals surface area (Å²) in [4.78, 5) is 6.73. The van der Waals surface area contributed by atoms with E-state index >= 15 is 0 Å². The van der Waals surface area contributed by atoms with E-state index in [0.717, 1.165) is 30.0 Å². The van der Waals surface area contributed by atoms with Crippen LogP contribution in [0.5, 0.6) is 5.75 Å². The number of hydrogen-bond donors (Lipinski definition) is 2. The quantitative estimate of drug-likeness (QED) is 0.593. The van der Waals surface area contributed by atoms with Crippen LogP contribution in [0.4, 0.5) is 11.4 Å². The molecule has 0 unspecified atom stereocenters. The number of pyridine rings is 1. The average molecular weight is 453 g/mol. The third-order valence-corrected chi connectivity index (χ3v) is 6.86. The molecule has 8 heteroatoms. The third kappa shape index (κ3) is 4.87. The Morgan fingerprint density at radius 1 is 1.03 bits per heavy atom. The summed E-state index contributed by atoms with van der Waals surface area (Å²) < 4.78 is 34.3. The van der Waals surface area contributed by atoms with Gasteiger partial charge in [-0.15, -0.1) is 0 Å². The van der Waals surface area contributed by atoms with Crippen LogP contribution in [0.1, 0.15) is 13.8 Å². The fraction of sp³-hybridized carbons (Fsp3) is 0.292. The molecular weight excluding hydrogens is 424 g/mol. The molecule has 2 atom stereocenters. The summed E-state index contributed by atoms with van der Waals surface area (Å²) >= 11 is 0. The van der Waals surface area contributed by atoms with E-state index in [4.69, 9.17) is 4.74 Å². The summed E-state index contributed by atoms with van der Waals surface area (Å²) in [6, 6.07) is 18.6. The predicted octanol–water partition coefficient (Wildman–Crippen LogP) is 3.74. The van der Waals surface area contributed by atoms with Crippen LogP contribution in [0.2, 0.25) is 0 Å². The molecule has 1 saturated heterocycles. The summed E-state index contributed by atoms with van der Waals surface area (Å²) in [5.41, 5.74) is 3.01. The van der Waals surface area contributed by atoms with Crippen molar-refractivity contribution in [3.8, 4) is 17.0 Å². The third-order valence-electron chi connectivity index (χ3n) is 5.48. The number of piperazine rings is 1. The Bertz CT molecular complexity index is 1160. The van der Waals surface area contributed by atoms with Gasteiger partial charge in [0.2, 0.25) is 0 Å². The van der Waals surface area contributed by atoms with E-state index in [1.54, 1.807) is 36.5 Å². The van der Waals surface area contributed by atoms with E-state index in [1.165, 1.54) is 7.11 Å². The largest absolute Gasteiger partial charge is 0.495 e. The summed E-state index contributed by atoms with van der Waals surface area (Å²) in [7, 11) is -2.26. The normalized spacial score (nSPS) is 18.9. The number of hydrogen-bond acceptors (Lipinski definition) is 6.